The number of carbonyl (C=O) groups is 2. The van der Waals surface area contributed by atoms with Gasteiger partial charge in [-0.15, -0.1) is 0 Å². The van der Waals surface area contributed by atoms with Gasteiger partial charge in [-0.1, -0.05) is 25.3 Å². The number of aromatic carboxylic acids is 1. The minimum absolute atomic E-state index is 0.127. The van der Waals surface area contributed by atoms with E-state index in [1.165, 1.54) is 31.4 Å². The predicted molar refractivity (Wildman–Crippen MR) is 98.5 cm³/mol. The Kier molecular flexibility index (Phi) is 6.14. The van der Waals surface area contributed by atoms with Crippen LogP contribution in [-0.4, -0.2) is 53.7 Å². The lowest BCUT2D eigenvalue weighted by atomic mass is 9.79. The van der Waals surface area contributed by atoms with E-state index in [1.807, 2.05) is 0 Å². The van der Waals surface area contributed by atoms with Crippen molar-refractivity contribution in [1.82, 2.24) is 10.2 Å². The van der Waals surface area contributed by atoms with Gasteiger partial charge in [0, 0.05) is 0 Å². The third kappa shape index (κ3) is 4.18. The molecule has 2 fully saturated rings. The standard InChI is InChI=1S/C20H28N2O4/c23-18(24)16-7-6-8-17(15-16)26-14-11-21-19(25)20(9-2-1-3-10-20)22-12-4-5-13-22/h6-8,15H,1-5,9-14H2,(H,21,25)(H,23,24). The number of carboxylic acid groups (broad SMARTS) is 1. The van der Waals surface area contributed by atoms with E-state index in [1.54, 1.807) is 12.1 Å². The number of nitrogens with one attached hydrogen (secondary N) is 1. The highest BCUT2D eigenvalue weighted by atomic mass is 16.5. The number of benzene rings is 1. The summed E-state index contributed by atoms with van der Waals surface area (Å²) in [5, 5.41) is 12.1. The molecule has 1 aromatic rings. The third-order valence-corrected chi connectivity index (χ3v) is 5.55. The Balaban J connectivity index is 1.52. The maximum absolute atomic E-state index is 13.0. The molecule has 0 bridgehead atoms. The Bertz CT molecular complexity index is 634. The first-order chi connectivity index (χ1) is 12.6. The molecule has 0 atom stereocenters. The van der Waals surface area contributed by atoms with Gasteiger partial charge in [-0.05, 0) is 57.0 Å². The van der Waals surface area contributed by atoms with Crippen LogP contribution in [0.4, 0.5) is 0 Å². The summed E-state index contributed by atoms with van der Waals surface area (Å²) < 4.78 is 5.60. The molecule has 0 unspecified atom stereocenters. The van der Waals surface area contributed by atoms with E-state index >= 15 is 0 Å². The molecule has 2 aliphatic rings. The van der Waals surface area contributed by atoms with Gasteiger partial charge in [0.2, 0.25) is 5.91 Å². The minimum Gasteiger partial charge on any atom is -0.492 e. The number of amides is 1. The molecule has 3 rings (SSSR count). The maximum Gasteiger partial charge on any atom is 0.335 e. The van der Waals surface area contributed by atoms with Crippen molar-refractivity contribution in [2.45, 2.75) is 50.5 Å². The zero-order valence-corrected chi connectivity index (χ0v) is 15.2. The highest BCUT2D eigenvalue weighted by Gasteiger charge is 2.45. The predicted octanol–water partition coefficient (Wildman–Crippen LogP) is 2.68. The minimum atomic E-state index is -0.978. The first-order valence-electron chi connectivity index (χ1n) is 9.61. The molecule has 2 N–H and O–H groups in total. The average Bonchev–Trinajstić information content (AvgIpc) is 3.21. The summed E-state index contributed by atoms with van der Waals surface area (Å²) in [4.78, 5) is 26.4. The van der Waals surface area contributed by atoms with Crippen molar-refractivity contribution in [2.24, 2.45) is 0 Å². The highest BCUT2D eigenvalue weighted by molar-refractivity contribution is 5.88. The van der Waals surface area contributed by atoms with Crippen LogP contribution < -0.4 is 10.1 Å². The molecular formula is C20H28N2O4. The largest absolute Gasteiger partial charge is 0.492 e. The lowest BCUT2D eigenvalue weighted by molar-refractivity contribution is -0.135. The average molecular weight is 360 g/mol. The summed E-state index contributed by atoms with van der Waals surface area (Å²) in [5.74, 6) is -0.346. The molecule has 1 aliphatic carbocycles. The Morgan fingerprint density at radius 2 is 1.85 bits per heavy atom. The summed E-state index contributed by atoms with van der Waals surface area (Å²) >= 11 is 0. The summed E-state index contributed by atoms with van der Waals surface area (Å²) in [6.07, 6.45) is 7.69. The molecule has 1 aliphatic heterocycles. The first-order valence-corrected chi connectivity index (χ1v) is 9.61. The van der Waals surface area contributed by atoms with E-state index in [0.717, 1.165) is 38.8 Å². The van der Waals surface area contributed by atoms with E-state index in [9.17, 15) is 9.59 Å². The van der Waals surface area contributed by atoms with E-state index < -0.39 is 5.97 Å². The fourth-order valence-electron chi connectivity index (χ4n) is 4.19. The van der Waals surface area contributed by atoms with Crippen molar-refractivity contribution in [3.05, 3.63) is 29.8 Å². The molecule has 1 saturated heterocycles. The number of carbonyl (C=O) groups excluding carboxylic acids is 1. The van der Waals surface area contributed by atoms with Crippen molar-refractivity contribution < 1.29 is 19.4 Å². The third-order valence-electron chi connectivity index (χ3n) is 5.55. The molecule has 0 aromatic heterocycles. The van der Waals surface area contributed by atoms with Crippen LogP contribution >= 0.6 is 0 Å². The van der Waals surface area contributed by atoms with Crippen LogP contribution in [0.2, 0.25) is 0 Å². The van der Waals surface area contributed by atoms with Crippen molar-refractivity contribution in [3.63, 3.8) is 0 Å². The number of ether oxygens (including phenoxy) is 1. The van der Waals surface area contributed by atoms with E-state index in [-0.39, 0.29) is 17.0 Å². The molecule has 6 nitrogen and oxygen atoms in total. The van der Waals surface area contributed by atoms with Crippen LogP contribution in [0.15, 0.2) is 24.3 Å². The van der Waals surface area contributed by atoms with Gasteiger partial charge >= 0.3 is 5.97 Å². The highest BCUT2D eigenvalue weighted by Crippen LogP contribution is 2.36. The van der Waals surface area contributed by atoms with Gasteiger partial charge in [0.05, 0.1) is 12.1 Å². The van der Waals surface area contributed by atoms with E-state index in [0.29, 0.717) is 18.9 Å². The molecular weight excluding hydrogens is 332 g/mol. The van der Waals surface area contributed by atoms with Gasteiger partial charge in [0.1, 0.15) is 17.9 Å². The number of nitrogens with zero attached hydrogens (tertiary/aromatic N) is 1. The fourth-order valence-corrected chi connectivity index (χ4v) is 4.19. The molecule has 0 radical (unpaired) electrons. The van der Waals surface area contributed by atoms with Gasteiger partial charge in [-0.3, -0.25) is 9.69 Å². The van der Waals surface area contributed by atoms with Gasteiger partial charge in [-0.25, -0.2) is 4.79 Å². The molecule has 6 heteroatoms. The number of rotatable bonds is 7. The Morgan fingerprint density at radius 3 is 2.54 bits per heavy atom. The monoisotopic (exact) mass is 360 g/mol. The maximum atomic E-state index is 13.0. The first kappa shape index (κ1) is 18.7. The molecule has 0 spiro atoms. The normalized spacial score (nSPS) is 19.8. The molecule has 1 heterocycles. The Hall–Kier alpha value is -2.08. The molecule has 1 aromatic carbocycles. The van der Waals surface area contributed by atoms with E-state index in [4.69, 9.17) is 9.84 Å². The lowest BCUT2D eigenvalue weighted by Gasteiger charge is -2.43. The molecule has 1 saturated carbocycles. The van der Waals surface area contributed by atoms with Gasteiger partial charge < -0.3 is 15.2 Å². The number of hydrogen-bond acceptors (Lipinski definition) is 4. The smallest absolute Gasteiger partial charge is 0.335 e. The van der Waals surface area contributed by atoms with Crippen LogP contribution in [0.3, 0.4) is 0 Å². The van der Waals surface area contributed by atoms with Gasteiger partial charge in [-0.2, -0.15) is 0 Å². The second-order valence-corrected chi connectivity index (χ2v) is 7.22. The van der Waals surface area contributed by atoms with Crippen molar-refractivity contribution >= 4 is 11.9 Å². The van der Waals surface area contributed by atoms with Crippen molar-refractivity contribution in [3.8, 4) is 5.75 Å². The van der Waals surface area contributed by atoms with Crippen molar-refractivity contribution in [2.75, 3.05) is 26.2 Å². The summed E-state index contributed by atoms with van der Waals surface area (Å²) in [7, 11) is 0. The lowest BCUT2D eigenvalue weighted by Crippen LogP contribution is -2.59. The van der Waals surface area contributed by atoms with Gasteiger partial charge in [0.25, 0.3) is 0 Å². The topological polar surface area (TPSA) is 78.9 Å². The SMILES string of the molecule is O=C(O)c1cccc(OCCNC(=O)C2(N3CCCC3)CCCCC2)c1. The number of hydrogen-bond donors (Lipinski definition) is 2. The van der Waals surface area contributed by atoms with Crippen LogP contribution in [0.5, 0.6) is 5.75 Å². The van der Waals surface area contributed by atoms with Gasteiger partial charge in [0.15, 0.2) is 0 Å². The van der Waals surface area contributed by atoms with Crippen LogP contribution in [-0.2, 0) is 4.79 Å². The molecule has 26 heavy (non-hydrogen) atoms. The second-order valence-electron chi connectivity index (χ2n) is 7.22. The van der Waals surface area contributed by atoms with Crippen LogP contribution in [0.25, 0.3) is 0 Å². The summed E-state index contributed by atoms with van der Waals surface area (Å²) in [6.45, 7) is 2.79. The number of carboxylic acids is 1. The van der Waals surface area contributed by atoms with E-state index in [2.05, 4.69) is 10.2 Å². The fraction of sp³-hybridized carbons (Fsp3) is 0.600. The van der Waals surface area contributed by atoms with Crippen LogP contribution in [0, 0.1) is 0 Å². The zero-order valence-electron chi connectivity index (χ0n) is 15.2. The number of likely N-dealkylation sites (tertiary alicyclic amines) is 1. The zero-order chi connectivity index (χ0) is 18.4. The Morgan fingerprint density at radius 1 is 1.12 bits per heavy atom. The quantitative estimate of drug-likeness (QED) is 0.731. The van der Waals surface area contributed by atoms with Crippen LogP contribution in [0.1, 0.15) is 55.3 Å². The van der Waals surface area contributed by atoms with Crippen molar-refractivity contribution in [1.29, 1.82) is 0 Å². The summed E-state index contributed by atoms with van der Waals surface area (Å²) in [6, 6.07) is 6.40. The molecule has 142 valence electrons. The summed E-state index contributed by atoms with van der Waals surface area (Å²) in [5.41, 5.74) is -0.139. The Labute approximate surface area is 154 Å². The molecule has 1 amide bonds. The second kappa shape index (κ2) is 8.54.